The minimum atomic E-state index is 0.0379. The Balaban J connectivity index is 1.50. The van der Waals surface area contributed by atoms with E-state index in [4.69, 9.17) is 23.2 Å². The molecule has 2 aromatic rings. The first kappa shape index (κ1) is 18.1. The number of carbonyl (C=O) groups is 1. The van der Waals surface area contributed by atoms with E-state index in [-0.39, 0.29) is 5.91 Å². The molecule has 1 aliphatic rings. The second kappa shape index (κ2) is 8.59. The molecule has 0 bridgehead atoms. The molecule has 25 heavy (non-hydrogen) atoms. The van der Waals surface area contributed by atoms with Crippen LogP contribution in [0, 0.1) is 0 Å². The van der Waals surface area contributed by atoms with Gasteiger partial charge in [-0.3, -0.25) is 4.79 Å². The number of amides is 1. The van der Waals surface area contributed by atoms with Gasteiger partial charge in [0.2, 0.25) is 5.91 Å². The maximum atomic E-state index is 12.2. The highest BCUT2D eigenvalue weighted by Crippen LogP contribution is 2.26. The van der Waals surface area contributed by atoms with E-state index in [0.29, 0.717) is 35.5 Å². The molecule has 0 radical (unpaired) electrons. The molecule has 1 saturated heterocycles. The maximum Gasteiger partial charge on any atom is 0.220 e. The van der Waals surface area contributed by atoms with Crippen molar-refractivity contribution in [3.05, 3.63) is 64.1 Å². The predicted molar refractivity (Wildman–Crippen MR) is 105 cm³/mol. The van der Waals surface area contributed by atoms with Crippen LogP contribution >= 0.6 is 23.2 Å². The summed E-state index contributed by atoms with van der Waals surface area (Å²) < 4.78 is 0. The first-order valence-corrected chi connectivity index (χ1v) is 9.42. The number of carbonyl (C=O) groups excluding carboxylic acids is 1. The van der Waals surface area contributed by atoms with Crippen molar-refractivity contribution >= 4 is 34.8 Å². The monoisotopic (exact) mass is 376 g/mol. The molecule has 1 aliphatic heterocycles. The van der Waals surface area contributed by atoms with Crippen LogP contribution in [0.5, 0.6) is 0 Å². The second-order valence-electron chi connectivity index (χ2n) is 6.33. The minimum absolute atomic E-state index is 0.0379. The maximum absolute atomic E-state index is 12.2. The van der Waals surface area contributed by atoms with Gasteiger partial charge in [-0.25, -0.2) is 0 Å². The van der Waals surface area contributed by atoms with Crippen LogP contribution in [0.25, 0.3) is 0 Å². The average Bonchev–Trinajstić information content (AvgIpc) is 3.09. The Morgan fingerprint density at radius 2 is 1.80 bits per heavy atom. The van der Waals surface area contributed by atoms with E-state index in [1.807, 2.05) is 12.1 Å². The van der Waals surface area contributed by atoms with E-state index in [1.165, 1.54) is 5.69 Å². The molecule has 0 aromatic heterocycles. The molecule has 5 heteroatoms. The van der Waals surface area contributed by atoms with Gasteiger partial charge in [0.05, 0.1) is 0 Å². The lowest BCUT2D eigenvalue weighted by Gasteiger charge is -2.27. The standard InChI is InChI=1S/C20H22Cl2N2O/c21-18-9-4-10-19(22)17(18)11-12-20(25)23-14-16-8-5-13-24(16)15-6-2-1-3-7-15/h1-4,6-7,9-10,16H,5,8,11-14H2,(H,23,25). The summed E-state index contributed by atoms with van der Waals surface area (Å²) in [5.74, 6) is 0.0379. The third-order valence-electron chi connectivity index (χ3n) is 4.66. The molecule has 0 aliphatic carbocycles. The summed E-state index contributed by atoms with van der Waals surface area (Å²) in [6, 6.07) is 16.2. The van der Waals surface area contributed by atoms with Crippen LogP contribution in [0.2, 0.25) is 10.0 Å². The Bertz CT molecular complexity index is 701. The summed E-state index contributed by atoms with van der Waals surface area (Å²) in [5.41, 5.74) is 2.06. The summed E-state index contributed by atoms with van der Waals surface area (Å²) in [4.78, 5) is 14.6. The molecular formula is C20H22Cl2N2O. The average molecular weight is 377 g/mol. The number of hydrogen-bond acceptors (Lipinski definition) is 2. The first-order chi connectivity index (χ1) is 12.1. The van der Waals surface area contributed by atoms with E-state index in [0.717, 1.165) is 24.9 Å². The molecule has 1 unspecified atom stereocenters. The Hall–Kier alpha value is -1.71. The molecule has 1 fully saturated rings. The summed E-state index contributed by atoms with van der Waals surface area (Å²) in [6.45, 7) is 1.71. The zero-order valence-electron chi connectivity index (χ0n) is 14.1. The van der Waals surface area contributed by atoms with Crippen LogP contribution in [0.4, 0.5) is 5.69 Å². The van der Waals surface area contributed by atoms with Crippen molar-refractivity contribution < 1.29 is 4.79 Å². The lowest BCUT2D eigenvalue weighted by Crippen LogP contribution is -2.40. The zero-order valence-corrected chi connectivity index (χ0v) is 15.6. The molecule has 3 nitrogen and oxygen atoms in total. The van der Waals surface area contributed by atoms with Gasteiger partial charge in [0.15, 0.2) is 0 Å². The Kier molecular flexibility index (Phi) is 6.22. The molecule has 132 valence electrons. The molecule has 1 atom stereocenters. The number of anilines is 1. The number of nitrogens with one attached hydrogen (secondary N) is 1. The van der Waals surface area contributed by atoms with E-state index in [2.05, 4.69) is 34.5 Å². The van der Waals surface area contributed by atoms with E-state index in [1.54, 1.807) is 12.1 Å². The van der Waals surface area contributed by atoms with Crippen LogP contribution < -0.4 is 10.2 Å². The van der Waals surface area contributed by atoms with Gasteiger partial charge in [0, 0.05) is 41.3 Å². The fourth-order valence-electron chi connectivity index (χ4n) is 3.34. The van der Waals surface area contributed by atoms with E-state index >= 15 is 0 Å². The van der Waals surface area contributed by atoms with Crippen molar-refractivity contribution in [1.29, 1.82) is 0 Å². The number of para-hydroxylation sites is 1. The van der Waals surface area contributed by atoms with Crippen LogP contribution in [0.15, 0.2) is 48.5 Å². The summed E-state index contributed by atoms with van der Waals surface area (Å²) in [5, 5.41) is 4.30. The summed E-state index contributed by atoms with van der Waals surface area (Å²) in [7, 11) is 0. The quantitative estimate of drug-likeness (QED) is 0.791. The Morgan fingerprint density at radius 1 is 1.08 bits per heavy atom. The number of hydrogen-bond donors (Lipinski definition) is 1. The molecule has 1 amide bonds. The van der Waals surface area contributed by atoms with Gasteiger partial charge in [-0.05, 0) is 49.1 Å². The van der Waals surface area contributed by atoms with Crippen molar-refractivity contribution in [3.8, 4) is 0 Å². The smallest absolute Gasteiger partial charge is 0.220 e. The van der Waals surface area contributed by atoms with Gasteiger partial charge in [-0.1, -0.05) is 47.5 Å². The van der Waals surface area contributed by atoms with Crippen LogP contribution in [0.3, 0.4) is 0 Å². The van der Waals surface area contributed by atoms with Crippen LogP contribution in [-0.4, -0.2) is 25.0 Å². The Labute approximate surface area is 158 Å². The van der Waals surface area contributed by atoms with Crippen molar-refractivity contribution in [2.24, 2.45) is 0 Å². The molecule has 0 spiro atoms. The van der Waals surface area contributed by atoms with Crippen LogP contribution in [-0.2, 0) is 11.2 Å². The zero-order chi connectivity index (χ0) is 17.6. The van der Waals surface area contributed by atoms with Crippen LogP contribution in [0.1, 0.15) is 24.8 Å². The number of nitrogens with zero attached hydrogens (tertiary/aromatic N) is 1. The van der Waals surface area contributed by atoms with Gasteiger partial charge in [-0.2, -0.15) is 0 Å². The lowest BCUT2D eigenvalue weighted by molar-refractivity contribution is -0.121. The van der Waals surface area contributed by atoms with Gasteiger partial charge < -0.3 is 10.2 Å². The van der Waals surface area contributed by atoms with Gasteiger partial charge in [-0.15, -0.1) is 0 Å². The third-order valence-corrected chi connectivity index (χ3v) is 5.37. The highest BCUT2D eigenvalue weighted by atomic mass is 35.5. The second-order valence-corrected chi connectivity index (χ2v) is 7.14. The fourth-order valence-corrected chi connectivity index (χ4v) is 3.92. The predicted octanol–water partition coefficient (Wildman–Crippen LogP) is 4.71. The topological polar surface area (TPSA) is 32.3 Å². The van der Waals surface area contributed by atoms with Gasteiger partial charge >= 0.3 is 0 Å². The first-order valence-electron chi connectivity index (χ1n) is 8.66. The van der Waals surface area contributed by atoms with E-state index in [9.17, 15) is 4.79 Å². The molecule has 3 rings (SSSR count). The number of rotatable bonds is 6. The summed E-state index contributed by atoms with van der Waals surface area (Å²) in [6.07, 6.45) is 3.20. The van der Waals surface area contributed by atoms with Crippen molar-refractivity contribution in [2.45, 2.75) is 31.7 Å². The number of halogens is 2. The molecule has 2 aromatic carbocycles. The normalized spacial score (nSPS) is 16.9. The van der Waals surface area contributed by atoms with Gasteiger partial charge in [0.1, 0.15) is 0 Å². The molecular weight excluding hydrogens is 355 g/mol. The summed E-state index contributed by atoms with van der Waals surface area (Å²) >= 11 is 12.3. The van der Waals surface area contributed by atoms with Gasteiger partial charge in [0.25, 0.3) is 0 Å². The highest BCUT2D eigenvalue weighted by Gasteiger charge is 2.24. The largest absolute Gasteiger partial charge is 0.367 e. The minimum Gasteiger partial charge on any atom is -0.367 e. The Morgan fingerprint density at radius 3 is 2.52 bits per heavy atom. The van der Waals surface area contributed by atoms with E-state index < -0.39 is 0 Å². The third kappa shape index (κ3) is 4.68. The van der Waals surface area contributed by atoms with Crippen molar-refractivity contribution in [3.63, 3.8) is 0 Å². The highest BCUT2D eigenvalue weighted by molar-refractivity contribution is 6.36. The number of benzene rings is 2. The SMILES string of the molecule is O=C(CCc1c(Cl)cccc1Cl)NCC1CCCN1c1ccccc1. The lowest BCUT2D eigenvalue weighted by atomic mass is 10.1. The molecule has 0 saturated carbocycles. The fraction of sp³-hybridized carbons (Fsp3) is 0.350. The van der Waals surface area contributed by atoms with Crippen molar-refractivity contribution in [1.82, 2.24) is 5.32 Å². The molecule has 1 N–H and O–H groups in total. The van der Waals surface area contributed by atoms with Crippen molar-refractivity contribution in [2.75, 3.05) is 18.0 Å². The molecule has 1 heterocycles.